The van der Waals surface area contributed by atoms with Gasteiger partial charge in [0.2, 0.25) is 0 Å². The normalized spacial score (nSPS) is 26.2. The van der Waals surface area contributed by atoms with Crippen molar-refractivity contribution in [2.24, 2.45) is 5.73 Å². The molecule has 3 unspecified atom stereocenters. The molecule has 1 aromatic heterocycles. The van der Waals surface area contributed by atoms with Crippen molar-refractivity contribution >= 4 is 23.5 Å². The van der Waals surface area contributed by atoms with E-state index in [1.807, 2.05) is 6.92 Å². The number of hydrogen-bond donors (Lipinski definition) is 1. The Kier molecular flexibility index (Phi) is 4.68. The topological polar surface area (TPSA) is 38.9 Å². The zero-order valence-electron chi connectivity index (χ0n) is 10.4. The first-order valence-electron chi connectivity index (χ1n) is 5.91. The summed E-state index contributed by atoms with van der Waals surface area (Å²) in [6.07, 6.45) is -1.98. The molecule has 0 saturated carbocycles. The largest absolute Gasteiger partial charge is 0.416 e. The van der Waals surface area contributed by atoms with Gasteiger partial charge in [-0.3, -0.25) is 4.98 Å². The fourth-order valence-electron chi connectivity index (χ4n) is 2.15. The van der Waals surface area contributed by atoms with Gasteiger partial charge in [0.05, 0.1) is 5.56 Å². The number of hydrogen-bond acceptors (Lipinski definition) is 4. The molecule has 1 aliphatic heterocycles. The fraction of sp³-hybridized carbons (Fsp3) is 0.583. The van der Waals surface area contributed by atoms with Gasteiger partial charge in [0.15, 0.2) is 0 Å². The second-order valence-corrected chi connectivity index (χ2v) is 7.17. The van der Waals surface area contributed by atoms with Crippen LogP contribution in [0.3, 0.4) is 0 Å². The third-order valence-corrected chi connectivity index (χ3v) is 6.32. The van der Waals surface area contributed by atoms with Crippen molar-refractivity contribution in [3.63, 3.8) is 0 Å². The van der Waals surface area contributed by atoms with E-state index in [9.17, 15) is 13.2 Å². The Balaban J connectivity index is 2.30. The van der Waals surface area contributed by atoms with Gasteiger partial charge >= 0.3 is 6.18 Å². The Morgan fingerprint density at radius 2 is 2.05 bits per heavy atom. The van der Waals surface area contributed by atoms with E-state index < -0.39 is 17.8 Å². The first kappa shape index (κ1) is 15.0. The predicted octanol–water partition coefficient (Wildman–Crippen LogP) is 3.34. The lowest BCUT2D eigenvalue weighted by Crippen LogP contribution is -2.35. The Morgan fingerprint density at radius 1 is 1.37 bits per heavy atom. The van der Waals surface area contributed by atoms with Crippen molar-refractivity contribution in [1.82, 2.24) is 4.98 Å². The van der Waals surface area contributed by atoms with Crippen LogP contribution in [0.2, 0.25) is 0 Å². The quantitative estimate of drug-likeness (QED) is 0.909. The third kappa shape index (κ3) is 3.38. The van der Waals surface area contributed by atoms with Crippen LogP contribution in [0.25, 0.3) is 0 Å². The van der Waals surface area contributed by atoms with Crippen molar-refractivity contribution in [2.45, 2.75) is 29.6 Å². The number of nitrogens with two attached hydrogens (primary N) is 1. The predicted molar refractivity (Wildman–Crippen MR) is 74.3 cm³/mol. The van der Waals surface area contributed by atoms with Gasteiger partial charge in [-0.05, 0) is 6.07 Å². The molecule has 19 heavy (non-hydrogen) atoms. The molecule has 3 atom stereocenters. The Bertz CT molecular complexity index is 439. The number of pyridine rings is 1. The zero-order valence-corrected chi connectivity index (χ0v) is 12.0. The van der Waals surface area contributed by atoms with Crippen LogP contribution in [0.5, 0.6) is 0 Å². The maximum Gasteiger partial charge on any atom is 0.416 e. The number of alkyl halides is 3. The Hall–Kier alpha value is -0.400. The first-order chi connectivity index (χ1) is 8.91. The SMILES string of the molecule is CC1SCCSC1C(N)c1cnccc1C(F)(F)F. The lowest BCUT2D eigenvalue weighted by molar-refractivity contribution is -0.138. The van der Waals surface area contributed by atoms with E-state index in [0.717, 1.165) is 23.8 Å². The monoisotopic (exact) mass is 308 g/mol. The summed E-state index contributed by atoms with van der Waals surface area (Å²) in [4.78, 5) is 3.80. The summed E-state index contributed by atoms with van der Waals surface area (Å²) >= 11 is 3.41. The zero-order chi connectivity index (χ0) is 14.0. The van der Waals surface area contributed by atoms with E-state index >= 15 is 0 Å². The second kappa shape index (κ2) is 5.93. The van der Waals surface area contributed by atoms with Crippen LogP contribution in [0.1, 0.15) is 24.1 Å². The Labute approximate surface area is 118 Å². The van der Waals surface area contributed by atoms with Gasteiger partial charge in [0.25, 0.3) is 0 Å². The Morgan fingerprint density at radius 3 is 2.68 bits per heavy atom. The summed E-state index contributed by atoms with van der Waals surface area (Å²) in [7, 11) is 0. The minimum absolute atomic E-state index is 0.0101. The number of aromatic nitrogens is 1. The van der Waals surface area contributed by atoms with Crippen molar-refractivity contribution < 1.29 is 13.2 Å². The lowest BCUT2D eigenvalue weighted by atomic mass is 9.99. The average molecular weight is 308 g/mol. The van der Waals surface area contributed by atoms with Crippen molar-refractivity contribution in [3.8, 4) is 0 Å². The first-order valence-corrected chi connectivity index (χ1v) is 8.01. The molecular weight excluding hydrogens is 293 g/mol. The smallest absolute Gasteiger partial charge is 0.323 e. The molecule has 0 aliphatic carbocycles. The van der Waals surface area contributed by atoms with Crippen molar-refractivity contribution in [2.75, 3.05) is 11.5 Å². The lowest BCUT2D eigenvalue weighted by Gasteiger charge is -2.33. The molecule has 2 N–H and O–H groups in total. The van der Waals surface area contributed by atoms with E-state index in [1.54, 1.807) is 23.5 Å². The molecule has 1 fully saturated rings. The van der Waals surface area contributed by atoms with E-state index in [0.29, 0.717) is 0 Å². The molecule has 2 heterocycles. The van der Waals surface area contributed by atoms with Crippen LogP contribution in [0.4, 0.5) is 13.2 Å². The van der Waals surface area contributed by atoms with Gasteiger partial charge in [-0.15, -0.1) is 0 Å². The van der Waals surface area contributed by atoms with Gasteiger partial charge in [-0.25, -0.2) is 0 Å². The number of halogens is 3. The average Bonchev–Trinajstić information content (AvgIpc) is 2.37. The molecule has 1 aromatic rings. The summed E-state index contributed by atoms with van der Waals surface area (Å²) < 4.78 is 38.9. The fourth-order valence-corrected chi connectivity index (χ4v) is 5.02. The number of nitrogens with zero attached hydrogens (tertiary/aromatic N) is 1. The van der Waals surface area contributed by atoms with Crippen LogP contribution < -0.4 is 5.73 Å². The minimum atomic E-state index is -4.38. The maximum absolute atomic E-state index is 13.0. The van der Waals surface area contributed by atoms with Crippen LogP contribution in [0, 0.1) is 0 Å². The standard InChI is InChI=1S/C12H15F3N2S2/c1-7-11(19-5-4-18-7)10(16)8-6-17-3-2-9(8)12(13,14)15/h2-3,6-7,10-11H,4-5,16H2,1H3. The number of thioether (sulfide) groups is 2. The summed E-state index contributed by atoms with van der Waals surface area (Å²) in [6.45, 7) is 2.02. The summed E-state index contributed by atoms with van der Waals surface area (Å²) in [5.74, 6) is 1.95. The molecule has 0 radical (unpaired) electrons. The molecule has 0 bridgehead atoms. The highest BCUT2D eigenvalue weighted by Crippen LogP contribution is 2.41. The van der Waals surface area contributed by atoms with E-state index in [4.69, 9.17) is 5.73 Å². The minimum Gasteiger partial charge on any atom is -0.323 e. The van der Waals surface area contributed by atoms with Gasteiger partial charge in [-0.1, -0.05) is 6.92 Å². The maximum atomic E-state index is 13.0. The van der Waals surface area contributed by atoms with E-state index in [2.05, 4.69) is 4.98 Å². The van der Waals surface area contributed by atoms with Gasteiger partial charge in [0, 0.05) is 46.0 Å². The van der Waals surface area contributed by atoms with Crippen LogP contribution in [-0.2, 0) is 6.18 Å². The third-order valence-electron chi connectivity index (χ3n) is 3.11. The number of rotatable bonds is 2. The molecule has 106 valence electrons. The molecule has 1 aliphatic rings. The van der Waals surface area contributed by atoms with E-state index in [-0.39, 0.29) is 16.1 Å². The van der Waals surface area contributed by atoms with E-state index in [1.165, 1.54) is 6.20 Å². The summed E-state index contributed by atoms with van der Waals surface area (Å²) in [5.41, 5.74) is 5.51. The van der Waals surface area contributed by atoms with Crippen molar-refractivity contribution in [1.29, 1.82) is 0 Å². The van der Waals surface area contributed by atoms with Crippen LogP contribution in [-0.4, -0.2) is 27.0 Å². The van der Waals surface area contributed by atoms with Gasteiger partial charge < -0.3 is 5.73 Å². The van der Waals surface area contributed by atoms with Gasteiger partial charge in [0.1, 0.15) is 0 Å². The van der Waals surface area contributed by atoms with Crippen LogP contribution in [0.15, 0.2) is 18.5 Å². The highest BCUT2D eigenvalue weighted by atomic mass is 32.2. The van der Waals surface area contributed by atoms with Crippen LogP contribution >= 0.6 is 23.5 Å². The highest BCUT2D eigenvalue weighted by molar-refractivity contribution is 8.07. The van der Waals surface area contributed by atoms with Crippen molar-refractivity contribution in [3.05, 3.63) is 29.6 Å². The molecular formula is C12H15F3N2S2. The molecule has 0 spiro atoms. The second-order valence-electron chi connectivity index (χ2n) is 4.40. The summed E-state index contributed by atoms with van der Waals surface area (Å²) in [5, 5.41) is 0.235. The molecule has 0 aromatic carbocycles. The molecule has 2 rings (SSSR count). The highest BCUT2D eigenvalue weighted by Gasteiger charge is 2.38. The summed E-state index contributed by atoms with van der Waals surface area (Å²) in [6, 6.07) is 0.360. The molecule has 1 saturated heterocycles. The molecule has 0 amide bonds. The molecule has 7 heteroatoms. The molecule has 2 nitrogen and oxygen atoms in total. The van der Waals surface area contributed by atoms with Gasteiger partial charge in [-0.2, -0.15) is 36.7 Å².